The number of aliphatic hydroxyl groups excluding tert-OH is 1. The van der Waals surface area contributed by atoms with Gasteiger partial charge in [-0.05, 0) is 25.3 Å². The van der Waals surface area contributed by atoms with E-state index in [0.29, 0.717) is 24.4 Å². The highest BCUT2D eigenvalue weighted by Crippen LogP contribution is 2.14. The minimum Gasteiger partial charge on any atom is -0.393 e. The van der Waals surface area contributed by atoms with Crippen LogP contribution in [0.25, 0.3) is 11.0 Å². The van der Waals surface area contributed by atoms with Gasteiger partial charge in [0.25, 0.3) is 5.91 Å². The molecule has 0 saturated carbocycles. The average molecular weight is 290 g/mol. The molecule has 0 spiro atoms. The van der Waals surface area contributed by atoms with Crippen LogP contribution in [0.2, 0.25) is 0 Å². The largest absolute Gasteiger partial charge is 0.393 e. The Morgan fingerprint density at radius 1 is 1.38 bits per heavy atom. The third-order valence-corrected chi connectivity index (χ3v) is 3.12. The Balaban J connectivity index is 2.10. The SMILES string of the molecule is CC(C)Cn1ncc2cc(C(=O)NCCC(C)O)cnc21. The number of fused-ring (bicyclic) bond motifs is 1. The van der Waals surface area contributed by atoms with E-state index in [4.69, 9.17) is 0 Å². The molecule has 0 saturated heterocycles. The monoisotopic (exact) mass is 290 g/mol. The molecule has 2 aromatic rings. The first-order chi connectivity index (χ1) is 9.97. The van der Waals surface area contributed by atoms with Crippen molar-refractivity contribution in [3.05, 3.63) is 24.0 Å². The molecule has 2 heterocycles. The fraction of sp³-hybridized carbons (Fsp3) is 0.533. The number of carbonyl (C=O) groups excluding carboxylic acids is 1. The molecule has 21 heavy (non-hydrogen) atoms. The second kappa shape index (κ2) is 6.67. The van der Waals surface area contributed by atoms with Crippen LogP contribution in [0.1, 0.15) is 37.6 Å². The maximum Gasteiger partial charge on any atom is 0.252 e. The second-order valence-electron chi connectivity index (χ2n) is 5.75. The fourth-order valence-corrected chi connectivity index (χ4v) is 2.07. The van der Waals surface area contributed by atoms with Crippen molar-refractivity contribution < 1.29 is 9.90 Å². The molecule has 6 heteroatoms. The summed E-state index contributed by atoms with van der Waals surface area (Å²) in [4.78, 5) is 16.3. The van der Waals surface area contributed by atoms with Crippen LogP contribution in [0.4, 0.5) is 0 Å². The normalized spacial score (nSPS) is 12.8. The van der Waals surface area contributed by atoms with Crippen molar-refractivity contribution in [2.45, 2.75) is 39.8 Å². The van der Waals surface area contributed by atoms with E-state index >= 15 is 0 Å². The summed E-state index contributed by atoms with van der Waals surface area (Å²) >= 11 is 0. The molecule has 1 unspecified atom stereocenters. The number of nitrogens with zero attached hydrogens (tertiary/aromatic N) is 3. The van der Waals surface area contributed by atoms with Crippen LogP contribution in [0.15, 0.2) is 18.5 Å². The van der Waals surface area contributed by atoms with Crippen LogP contribution < -0.4 is 5.32 Å². The van der Waals surface area contributed by atoms with Gasteiger partial charge in [0.2, 0.25) is 0 Å². The van der Waals surface area contributed by atoms with E-state index in [1.54, 1.807) is 25.4 Å². The van der Waals surface area contributed by atoms with Crippen LogP contribution in [0.5, 0.6) is 0 Å². The Hall–Kier alpha value is -1.95. The molecule has 0 aliphatic carbocycles. The maximum absolute atomic E-state index is 12.0. The summed E-state index contributed by atoms with van der Waals surface area (Å²) in [5.41, 5.74) is 1.31. The molecule has 1 amide bonds. The maximum atomic E-state index is 12.0. The van der Waals surface area contributed by atoms with E-state index in [-0.39, 0.29) is 5.91 Å². The van der Waals surface area contributed by atoms with Crippen molar-refractivity contribution >= 4 is 16.9 Å². The van der Waals surface area contributed by atoms with Gasteiger partial charge in [0, 0.05) is 24.7 Å². The number of carbonyl (C=O) groups is 1. The highest BCUT2D eigenvalue weighted by Gasteiger charge is 2.11. The van der Waals surface area contributed by atoms with Gasteiger partial charge >= 0.3 is 0 Å². The number of aliphatic hydroxyl groups is 1. The number of aromatic nitrogens is 3. The van der Waals surface area contributed by atoms with Crippen molar-refractivity contribution in [1.82, 2.24) is 20.1 Å². The van der Waals surface area contributed by atoms with E-state index in [0.717, 1.165) is 17.6 Å². The zero-order valence-electron chi connectivity index (χ0n) is 12.7. The number of hydrogen-bond acceptors (Lipinski definition) is 4. The van der Waals surface area contributed by atoms with E-state index in [1.165, 1.54) is 0 Å². The predicted molar refractivity (Wildman–Crippen MR) is 81.0 cm³/mol. The topological polar surface area (TPSA) is 80.0 Å². The summed E-state index contributed by atoms with van der Waals surface area (Å²) in [6.45, 7) is 7.19. The van der Waals surface area contributed by atoms with Crippen molar-refractivity contribution in [2.24, 2.45) is 5.92 Å². The molecule has 1 atom stereocenters. The summed E-state index contributed by atoms with van der Waals surface area (Å²) in [6.07, 6.45) is 3.42. The smallest absolute Gasteiger partial charge is 0.252 e. The summed E-state index contributed by atoms with van der Waals surface area (Å²) in [5.74, 6) is 0.306. The van der Waals surface area contributed by atoms with Gasteiger partial charge in [-0.3, -0.25) is 4.79 Å². The molecule has 0 aliphatic heterocycles. The lowest BCUT2D eigenvalue weighted by molar-refractivity contribution is 0.0945. The molecule has 6 nitrogen and oxygen atoms in total. The molecule has 0 bridgehead atoms. The molecule has 0 aliphatic rings. The molecular weight excluding hydrogens is 268 g/mol. The van der Waals surface area contributed by atoms with Crippen LogP contribution in [0, 0.1) is 5.92 Å². The zero-order valence-corrected chi connectivity index (χ0v) is 12.7. The summed E-state index contributed by atoms with van der Waals surface area (Å²) in [7, 11) is 0. The number of rotatable bonds is 6. The van der Waals surface area contributed by atoms with Crippen molar-refractivity contribution in [3.63, 3.8) is 0 Å². The van der Waals surface area contributed by atoms with Crippen LogP contribution in [0.3, 0.4) is 0 Å². The van der Waals surface area contributed by atoms with Crippen molar-refractivity contribution in [1.29, 1.82) is 0 Å². The van der Waals surface area contributed by atoms with Gasteiger partial charge in [-0.15, -0.1) is 0 Å². The first-order valence-corrected chi connectivity index (χ1v) is 7.25. The second-order valence-corrected chi connectivity index (χ2v) is 5.75. The standard InChI is InChI=1S/C15H22N4O2/c1-10(2)9-19-14-12(8-18-19)6-13(7-17-14)15(21)16-5-4-11(3)20/h6-8,10-11,20H,4-5,9H2,1-3H3,(H,16,21). The van der Waals surface area contributed by atoms with E-state index in [2.05, 4.69) is 29.2 Å². The highest BCUT2D eigenvalue weighted by molar-refractivity contribution is 5.96. The molecule has 0 aromatic carbocycles. The minimum absolute atomic E-state index is 0.179. The number of amides is 1. The van der Waals surface area contributed by atoms with E-state index in [1.807, 2.05) is 4.68 Å². The van der Waals surface area contributed by atoms with Crippen LogP contribution in [-0.4, -0.2) is 38.4 Å². The third kappa shape index (κ3) is 4.01. The van der Waals surface area contributed by atoms with Crippen molar-refractivity contribution in [3.8, 4) is 0 Å². The lowest BCUT2D eigenvalue weighted by Crippen LogP contribution is -2.26. The quantitative estimate of drug-likeness (QED) is 0.846. The minimum atomic E-state index is -0.417. The van der Waals surface area contributed by atoms with Crippen molar-refractivity contribution in [2.75, 3.05) is 6.54 Å². The molecule has 0 fully saturated rings. The number of nitrogens with one attached hydrogen (secondary N) is 1. The first kappa shape index (κ1) is 15.4. The molecule has 0 radical (unpaired) electrons. The molecule has 2 N–H and O–H groups in total. The Bertz CT molecular complexity index is 619. The Kier molecular flexibility index (Phi) is 4.90. The highest BCUT2D eigenvalue weighted by atomic mass is 16.3. The van der Waals surface area contributed by atoms with Gasteiger partial charge in [-0.2, -0.15) is 5.10 Å². The molecule has 2 aromatic heterocycles. The van der Waals surface area contributed by atoms with Gasteiger partial charge in [-0.1, -0.05) is 13.8 Å². The zero-order chi connectivity index (χ0) is 15.4. The van der Waals surface area contributed by atoms with Gasteiger partial charge in [0.15, 0.2) is 5.65 Å². The molecule has 114 valence electrons. The van der Waals surface area contributed by atoms with Crippen LogP contribution >= 0.6 is 0 Å². The molecular formula is C15H22N4O2. The summed E-state index contributed by atoms with van der Waals surface area (Å²) in [5, 5.41) is 17.1. The van der Waals surface area contributed by atoms with E-state index < -0.39 is 6.10 Å². The van der Waals surface area contributed by atoms with Crippen LogP contribution in [-0.2, 0) is 6.54 Å². The fourth-order valence-electron chi connectivity index (χ4n) is 2.07. The Morgan fingerprint density at radius 2 is 2.14 bits per heavy atom. The van der Waals surface area contributed by atoms with E-state index in [9.17, 15) is 9.90 Å². The number of pyridine rings is 1. The van der Waals surface area contributed by atoms with Gasteiger partial charge < -0.3 is 10.4 Å². The van der Waals surface area contributed by atoms with Gasteiger partial charge in [-0.25, -0.2) is 9.67 Å². The van der Waals surface area contributed by atoms with Gasteiger partial charge in [0.1, 0.15) is 0 Å². The number of hydrogen-bond donors (Lipinski definition) is 2. The lowest BCUT2D eigenvalue weighted by atomic mass is 10.2. The predicted octanol–water partition coefficient (Wildman–Crippen LogP) is 1.59. The first-order valence-electron chi connectivity index (χ1n) is 7.25. The Labute approximate surface area is 124 Å². The summed E-state index contributed by atoms with van der Waals surface area (Å²) in [6, 6.07) is 1.80. The third-order valence-electron chi connectivity index (χ3n) is 3.12. The Morgan fingerprint density at radius 3 is 2.81 bits per heavy atom. The average Bonchev–Trinajstić information content (AvgIpc) is 2.80. The lowest BCUT2D eigenvalue weighted by Gasteiger charge is -2.07. The summed E-state index contributed by atoms with van der Waals surface area (Å²) < 4.78 is 1.86. The van der Waals surface area contributed by atoms with Gasteiger partial charge in [0.05, 0.1) is 17.9 Å². The molecule has 2 rings (SSSR count).